The lowest BCUT2D eigenvalue weighted by atomic mass is 9.40. The summed E-state index contributed by atoms with van der Waals surface area (Å²) in [6, 6.07) is 0. The molecule has 0 radical (unpaired) electrons. The molecule has 302 valence electrons. The summed E-state index contributed by atoms with van der Waals surface area (Å²) in [6.45, 7) is 12.2. The lowest BCUT2D eigenvalue weighted by Crippen LogP contribution is -2.65. The summed E-state index contributed by atoms with van der Waals surface area (Å²) >= 11 is 0. The van der Waals surface area contributed by atoms with Crippen molar-refractivity contribution in [2.24, 2.45) is 68.0 Å². The van der Waals surface area contributed by atoms with Gasteiger partial charge in [-0.3, -0.25) is 19.2 Å². The van der Waals surface area contributed by atoms with Crippen molar-refractivity contribution in [3.05, 3.63) is 0 Å². The van der Waals surface area contributed by atoms with E-state index in [0.717, 1.165) is 38.5 Å². The van der Waals surface area contributed by atoms with Crippen LogP contribution in [0.5, 0.6) is 0 Å². The average molecular weight is 755 g/mol. The largest absolute Gasteiger partial charge is 0.465 e. The number of aliphatic hydroxyl groups is 4. The predicted octanol–water partition coefficient (Wildman–Crippen LogP) is 5.48. The Kier molecular flexibility index (Phi) is 8.89. The Morgan fingerprint density at radius 2 is 0.981 bits per heavy atom. The van der Waals surface area contributed by atoms with E-state index in [4.69, 9.17) is 9.47 Å². The Morgan fingerprint density at radius 1 is 0.611 bits per heavy atom. The van der Waals surface area contributed by atoms with Crippen molar-refractivity contribution in [1.29, 1.82) is 0 Å². The quantitative estimate of drug-likeness (QED) is 0.245. The second-order valence-corrected chi connectivity index (χ2v) is 21.3. The standard InChI is InChI=1S/C44H66O10/c1-25(45)53-23-37(3)13-7-15-39(5)29-11-9-27-21-41(29,33(47)19-31(37)39)35(49)43(27,51)17-18-44(52)28-10-12-30-40(6)16-8-14-38(4,24-54-26(2)46)32(40)20-34(48)42(30,22-28)36(44)50/h27-34,47-48,51-52H,7-24H2,1-6H3/t27-,28-,29-,30-,31+,32+,33+,34+,37+,38+,39-,40-,41+,42+,43-,44-/m0/s1. The third kappa shape index (κ3) is 4.90. The second kappa shape index (κ2) is 12.3. The predicted molar refractivity (Wildman–Crippen MR) is 197 cm³/mol. The summed E-state index contributed by atoms with van der Waals surface area (Å²) in [4.78, 5) is 53.7. The molecule has 0 unspecified atom stereocenters. The molecule has 8 rings (SSSR count). The lowest BCUT2D eigenvalue weighted by molar-refractivity contribution is -0.208. The van der Waals surface area contributed by atoms with Crippen LogP contribution < -0.4 is 0 Å². The number of ketones is 2. The molecule has 8 aliphatic carbocycles. The molecule has 4 bridgehead atoms. The minimum Gasteiger partial charge on any atom is -0.465 e. The maximum absolute atomic E-state index is 15.0. The van der Waals surface area contributed by atoms with Crippen LogP contribution in [0.15, 0.2) is 0 Å². The van der Waals surface area contributed by atoms with Crippen molar-refractivity contribution in [3.63, 3.8) is 0 Å². The summed E-state index contributed by atoms with van der Waals surface area (Å²) < 4.78 is 11.2. The number of Topliss-reactive ketones (excluding diaryl/α,β-unsaturated/α-hetero) is 2. The SMILES string of the molecule is CC(=O)OC[C@@]1(C)CCC[C@]2(C)[C@@H]1C[C@@H](O)[C@@]13C[C@H](CC[C@@H]21)[C@@](O)(CC[C@@]1(O)C(=O)[C@]24C[C@@H]1CC[C@H]2[C@]1(C)CCC[C@](C)(COC(C)=O)[C@H]1C[C@H]4O)C3=O. The zero-order valence-corrected chi connectivity index (χ0v) is 33.6. The van der Waals surface area contributed by atoms with Crippen molar-refractivity contribution >= 4 is 23.5 Å². The van der Waals surface area contributed by atoms with Gasteiger partial charge in [-0.05, 0) is 136 Å². The highest BCUT2D eigenvalue weighted by atomic mass is 16.5. The van der Waals surface area contributed by atoms with Crippen molar-refractivity contribution in [3.8, 4) is 0 Å². The fraction of sp³-hybridized carbons (Fsp3) is 0.909. The molecular weight excluding hydrogens is 688 g/mol. The monoisotopic (exact) mass is 754 g/mol. The number of rotatable bonds is 7. The van der Waals surface area contributed by atoms with Gasteiger partial charge in [0.05, 0.1) is 36.3 Å². The fourth-order valence-corrected chi connectivity index (χ4v) is 16.7. The first-order valence-corrected chi connectivity index (χ1v) is 21.3. The van der Waals surface area contributed by atoms with Gasteiger partial charge in [-0.2, -0.15) is 0 Å². The van der Waals surface area contributed by atoms with E-state index < -0.39 is 34.2 Å². The fourth-order valence-electron chi connectivity index (χ4n) is 16.7. The van der Waals surface area contributed by atoms with E-state index in [1.807, 2.05) is 0 Å². The number of esters is 2. The third-order valence-corrected chi connectivity index (χ3v) is 19.0. The lowest BCUT2D eigenvalue weighted by Gasteiger charge is -2.64. The average Bonchev–Trinajstić information content (AvgIpc) is 3.39. The normalized spacial score (nSPS) is 54.6. The van der Waals surface area contributed by atoms with Gasteiger partial charge in [0.2, 0.25) is 0 Å². The molecule has 10 heteroatoms. The molecular formula is C44H66O10. The Bertz CT molecular complexity index is 1500. The number of hydrogen-bond donors (Lipinski definition) is 4. The summed E-state index contributed by atoms with van der Waals surface area (Å²) in [6.07, 6.45) is 7.81. The highest BCUT2D eigenvalue weighted by Crippen LogP contribution is 2.74. The third-order valence-electron chi connectivity index (χ3n) is 19.0. The van der Waals surface area contributed by atoms with Crippen LogP contribution in [0.25, 0.3) is 0 Å². The number of hydrogen-bond acceptors (Lipinski definition) is 10. The second-order valence-electron chi connectivity index (χ2n) is 21.3. The molecule has 0 heterocycles. The van der Waals surface area contributed by atoms with E-state index in [1.165, 1.54) is 13.8 Å². The summed E-state index contributed by atoms with van der Waals surface area (Å²) in [5.74, 6) is -2.14. The highest BCUT2D eigenvalue weighted by Gasteiger charge is 2.77. The van der Waals surface area contributed by atoms with Gasteiger partial charge < -0.3 is 29.9 Å². The molecule has 0 aromatic rings. The van der Waals surface area contributed by atoms with Gasteiger partial charge in [0.25, 0.3) is 0 Å². The molecule has 0 aromatic heterocycles. The maximum atomic E-state index is 15.0. The minimum absolute atomic E-state index is 0.0437. The van der Waals surface area contributed by atoms with E-state index in [0.29, 0.717) is 51.4 Å². The molecule has 10 nitrogen and oxygen atoms in total. The van der Waals surface area contributed by atoms with Crippen LogP contribution in [0.1, 0.15) is 144 Å². The van der Waals surface area contributed by atoms with Gasteiger partial charge >= 0.3 is 11.9 Å². The number of fused-ring (bicyclic) bond motifs is 6. The molecule has 0 saturated heterocycles. The van der Waals surface area contributed by atoms with Crippen LogP contribution in [0.4, 0.5) is 0 Å². The van der Waals surface area contributed by atoms with Crippen molar-refractivity contribution in [1.82, 2.24) is 0 Å². The first-order chi connectivity index (χ1) is 25.2. The van der Waals surface area contributed by atoms with Crippen molar-refractivity contribution < 1.29 is 49.1 Å². The summed E-state index contributed by atoms with van der Waals surface area (Å²) in [5, 5.41) is 49.5. The molecule has 4 N–H and O–H groups in total. The van der Waals surface area contributed by atoms with E-state index in [2.05, 4.69) is 27.7 Å². The van der Waals surface area contributed by atoms with Gasteiger partial charge in [0, 0.05) is 24.7 Å². The zero-order valence-electron chi connectivity index (χ0n) is 33.6. The van der Waals surface area contributed by atoms with Crippen LogP contribution in [-0.4, -0.2) is 80.6 Å². The Balaban J connectivity index is 1.05. The van der Waals surface area contributed by atoms with Crippen molar-refractivity contribution in [2.75, 3.05) is 13.2 Å². The Morgan fingerprint density at radius 3 is 1.33 bits per heavy atom. The van der Waals surface area contributed by atoms with Crippen LogP contribution in [0.2, 0.25) is 0 Å². The van der Waals surface area contributed by atoms with E-state index >= 15 is 9.59 Å². The molecule has 8 aliphatic rings. The van der Waals surface area contributed by atoms with Gasteiger partial charge in [0.15, 0.2) is 11.6 Å². The van der Waals surface area contributed by atoms with Crippen LogP contribution >= 0.6 is 0 Å². The van der Waals surface area contributed by atoms with E-state index in [9.17, 15) is 30.0 Å². The molecule has 16 atom stereocenters. The smallest absolute Gasteiger partial charge is 0.302 e. The zero-order chi connectivity index (χ0) is 39.1. The van der Waals surface area contributed by atoms with E-state index in [-0.39, 0.29) is 107 Å². The Hall–Kier alpha value is -1.88. The number of aliphatic hydroxyl groups excluding tert-OH is 2. The highest BCUT2D eigenvalue weighted by molar-refractivity contribution is 5.98. The molecule has 0 aliphatic heterocycles. The molecule has 2 spiro atoms. The number of carbonyl (C=O) groups excluding carboxylic acids is 4. The molecule has 0 aromatic carbocycles. The minimum atomic E-state index is -1.76. The number of carbonyl (C=O) groups is 4. The van der Waals surface area contributed by atoms with Gasteiger partial charge in [-0.25, -0.2) is 0 Å². The molecule has 54 heavy (non-hydrogen) atoms. The van der Waals surface area contributed by atoms with Crippen molar-refractivity contribution in [2.45, 2.75) is 168 Å². The first-order valence-electron chi connectivity index (χ1n) is 21.3. The van der Waals surface area contributed by atoms with E-state index in [1.54, 1.807) is 0 Å². The molecule has 0 amide bonds. The van der Waals surface area contributed by atoms with Crippen LogP contribution in [0.3, 0.4) is 0 Å². The summed E-state index contributed by atoms with van der Waals surface area (Å²) in [5.41, 5.74) is -6.90. The molecule has 8 saturated carbocycles. The summed E-state index contributed by atoms with van der Waals surface area (Å²) in [7, 11) is 0. The topological polar surface area (TPSA) is 168 Å². The molecule has 8 fully saturated rings. The maximum Gasteiger partial charge on any atom is 0.302 e. The number of ether oxygens (including phenoxy) is 2. The van der Waals surface area contributed by atoms with Gasteiger partial charge in [-0.1, -0.05) is 40.5 Å². The van der Waals surface area contributed by atoms with Crippen LogP contribution in [0, 0.1) is 68.0 Å². The Labute approximate surface area is 320 Å². The first kappa shape index (κ1) is 39.0. The van der Waals surface area contributed by atoms with Gasteiger partial charge in [-0.15, -0.1) is 0 Å². The van der Waals surface area contributed by atoms with Crippen LogP contribution in [-0.2, 0) is 28.7 Å². The van der Waals surface area contributed by atoms with Gasteiger partial charge in [0.1, 0.15) is 11.2 Å².